The number of nitrogens with zero attached hydrogens (tertiary/aromatic N) is 4. The number of hydrogen-bond donors (Lipinski definition) is 1. The van der Waals surface area contributed by atoms with Crippen LogP contribution in [-0.2, 0) is 4.79 Å². The van der Waals surface area contributed by atoms with Gasteiger partial charge in [-0.25, -0.2) is 4.98 Å². The maximum atomic E-state index is 13.6. The summed E-state index contributed by atoms with van der Waals surface area (Å²) in [5, 5.41) is 9.83. The molecule has 2 aromatic rings. The molecule has 1 aromatic carbocycles. The van der Waals surface area contributed by atoms with Gasteiger partial charge in [0, 0.05) is 57.4 Å². The highest BCUT2D eigenvalue weighted by Crippen LogP contribution is 2.30. The summed E-state index contributed by atoms with van der Waals surface area (Å²) in [6.07, 6.45) is 1.64. The SMILES string of the molecule is CCC(=O)N(C)C[C@@H]1Oc2ncc(-c3ccc(C(=O)N(C)C)cc3)cc2C(=O)N([C@@H](C)CO)C[C@H]1C. The van der Waals surface area contributed by atoms with Gasteiger partial charge in [-0.1, -0.05) is 26.0 Å². The standard InChI is InChI=1S/C27H36N4O5/c1-7-24(33)30(6)15-23-17(2)14-31(18(3)16-32)27(35)22-12-21(13-28-25(22)36-23)19-8-10-20(11-9-19)26(34)29(4)5/h8-13,17-18,23,32H,7,14-16H2,1-6H3/t17-,18+,23+/m1/s1. The third kappa shape index (κ3) is 5.84. The van der Waals surface area contributed by atoms with Crippen molar-refractivity contribution in [2.45, 2.75) is 39.3 Å². The monoisotopic (exact) mass is 496 g/mol. The maximum Gasteiger partial charge on any atom is 0.259 e. The molecule has 1 aliphatic rings. The zero-order valence-electron chi connectivity index (χ0n) is 21.9. The average molecular weight is 497 g/mol. The molecule has 1 aliphatic heterocycles. The number of ether oxygens (including phenoxy) is 1. The molecular weight excluding hydrogens is 460 g/mol. The van der Waals surface area contributed by atoms with E-state index in [9.17, 15) is 19.5 Å². The fourth-order valence-electron chi connectivity index (χ4n) is 4.18. The predicted molar refractivity (Wildman–Crippen MR) is 137 cm³/mol. The lowest BCUT2D eigenvalue weighted by molar-refractivity contribution is -0.131. The number of aromatic nitrogens is 1. The molecule has 1 N–H and O–H groups in total. The summed E-state index contributed by atoms with van der Waals surface area (Å²) < 4.78 is 6.25. The number of rotatable bonds is 7. The van der Waals surface area contributed by atoms with Crippen molar-refractivity contribution in [2.24, 2.45) is 5.92 Å². The van der Waals surface area contributed by atoms with Gasteiger partial charge in [-0.05, 0) is 30.7 Å². The first-order valence-corrected chi connectivity index (χ1v) is 12.2. The molecule has 0 fully saturated rings. The molecule has 0 unspecified atom stereocenters. The van der Waals surface area contributed by atoms with Crippen molar-refractivity contribution in [3.63, 3.8) is 0 Å². The molecule has 0 saturated heterocycles. The molecule has 9 heteroatoms. The number of hydrogen-bond acceptors (Lipinski definition) is 6. The number of amides is 3. The van der Waals surface area contributed by atoms with Gasteiger partial charge in [-0.3, -0.25) is 14.4 Å². The van der Waals surface area contributed by atoms with E-state index in [1.807, 2.05) is 26.0 Å². The predicted octanol–water partition coefficient (Wildman–Crippen LogP) is 2.54. The number of pyridine rings is 1. The van der Waals surface area contributed by atoms with E-state index in [1.54, 1.807) is 62.3 Å². The lowest BCUT2D eigenvalue weighted by atomic mass is 9.98. The van der Waals surface area contributed by atoms with Gasteiger partial charge in [0.2, 0.25) is 11.8 Å². The van der Waals surface area contributed by atoms with Crippen LogP contribution >= 0.6 is 0 Å². The first-order valence-electron chi connectivity index (χ1n) is 12.2. The molecule has 194 valence electrons. The zero-order valence-corrected chi connectivity index (χ0v) is 21.9. The Hall–Kier alpha value is -3.46. The molecule has 0 saturated carbocycles. The highest BCUT2D eigenvalue weighted by atomic mass is 16.5. The summed E-state index contributed by atoms with van der Waals surface area (Å²) in [6.45, 7) is 6.12. The van der Waals surface area contributed by atoms with Crippen molar-refractivity contribution in [3.05, 3.63) is 47.7 Å². The van der Waals surface area contributed by atoms with Crippen molar-refractivity contribution in [2.75, 3.05) is 40.8 Å². The summed E-state index contributed by atoms with van der Waals surface area (Å²) in [5.41, 5.74) is 2.36. The third-order valence-electron chi connectivity index (χ3n) is 6.57. The van der Waals surface area contributed by atoms with Gasteiger partial charge in [-0.15, -0.1) is 0 Å². The van der Waals surface area contributed by atoms with E-state index < -0.39 is 6.04 Å². The van der Waals surface area contributed by atoms with E-state index in [1.165, 1.54) is 4.90 Å². The summed E-state index contributed by atoms with van der Waals surface area (Å²) in [4.78, 5) is 47.3. The van der Waals surface area contributed by atoms with Gasteiger partial charge in [-0.2, -0.15) is 0 Å². The second kappa shape index (κ2) is 11.5. The Labute approximate surface area is 212 Å². The van der Waals surface area contributed by atoms with Crippen molar-refractivity contribution in [3.8, 4) is 17.0 Å². The van der Waals surface area contributed by atoms with E-state index >= 15 is 0 Å². The maximum absolute atomic E-state index is 13.6. The molecule has 9 nitrogen and oxygen atoms in total. The molecule has 3 atom stereocenters. The first kappa shape index (κ1) is 27.1. The summed E-state index contributed by atoms with van der Waals surface area (Å²) in [7, 11) is 5.13. The first-order chi connectivity index (χ1) is 17.1. The van der Waals surface area contributed by atoms with Gasteiger partial charge in [0.1, 0.15) is 11.7 Å². The minimum atomic E-state index is -0.401. The number of likely N-dealkylation sites (N-methyl/N-ethyl adjacent to an activating group) is 1. The average Bonchev–Trinajstić information content (AvgIpc) is 2.88. The van der Waals surface area contributed by atoms with Crippen molar-refractivity contribution < 1.29 is 24.2 Å². The Bertz CT molecular complexity index is 1100. The Morgan fingerprint density at radius 1 is 1.19 bits per heavy atom. The number of aliphatic hydroxyl groups excluding tert-OH is 1. The Kier molecular flexibility index (Phi) is 8.68. The normalized spacial score (nSPS) is 18.4. The molecule has 3 amide bonds. The van der Waals surface area contributed by atoms with E-state index in [0.29, 0.717) is 36.2 Å². The second-order valence-corrected chi connectivity index (χ2v) is 9.60. The fourth-order valence-corrected chi connectivity index (χ4v) is 4.18. The molecule has 3 rings (SSSR count). The topological polar surface area (TPSA) is 103 Å². The third-order valence-corrected chi connectivity index (χ3v) is 6.57. The van der Waals surface area contributed by atoms with E-state index in [4.69, 9.17) is 4.74 Å². The van der Waals surface area contributed by atoms with Crippen molar-refractivity contribution in [1.82, 2.24) is 19.7 Å². The van der Waals surface area contributed by atoms with Gasteiger partial charge in [0.05, 0.1) is 19.2 Å². The van der Waals surface area contributed by atoms with Crippen LogP contribution in [0, 0.1) is 5.92 Å². The van der Waals surface area contributed by atoms with Crippen LogP contribution in [0.15, 0.2) is 36.5 Å². The number of carbonyl (C=O) groups is 3. The lowest BCUT2D eigenvalue weighted by Gasteiger charge is -2.37. The summed E-state index contributed by atoms with van der Waals surface area (Å²) >= 11 is 0. The van der Waals surface area contributed by atoms with Gasteiger partial charge < -0.3 is 24.5 Å². The minimum absolute atomic E-state index is 0.00393. The van der Waals surface area contributed by atoms with Crippen LogP contribution in [0.4, 0.5) is 0 Å². The van der Waals surface area contributed by atoms with Gasteiger partial charge in [0.25, 0.3) is 11.8 Å². The number of carbonyl (C=O) groups excluding carboxylic acids is 3. The van der Waals surface area contributed by atoms with Crippen molar-refractivity contribution in [1.29, 1.82) is 0 Å². The molecule has 2 heterocycles. The summed E-state index contributed by atoms with van der Waals surface area (Å²) in [6, 6.07) is 8.45. The minimum Gasteiger partial charge on any atom is -0.472 e. The summed E-state index contributed by atoms with van der Waals surface area (Å²) in [5.74, 6) is -0.270. The molecular formula is C27H36N4O5. The number of fused-ring (bicyclic) bond motifs is 1. The van der Waals surface area contributed by atoms with Crippen LogP contribution in [0.3, 0.4) is 0 Å². The van der Waals surface area contributed by atoms with Crippen LogP contribution < -0.4 is 4.74 Å². The molecule has 0 spiro atoms. The van der Waals surface area contributed by atoms with Crippen LogP contribution in [0.25, 0.3) is 11.1 Å². The van der Waals surface area contributed by atoms with Crippen LogP contribution in [0.1, 0.15) is 47.9 Å². The smallest absolute Gasteiger partial charge is 0.259 e. The molecule has 0 aliphatic carbocycles. The van der Waals surface area contributed by atoms with Crippen LogP contribution in [-0.4, -0.2) is 95.5 Å². The molecule has 0 radical (unpaired) electrons. The highest BCUT2D eigenvalue weighted by Gasteiger charge is 2.34. The Morgan fingerprint density at radius 3 is 2.44 bits per heavy atom. The molecule has 0 bridgehead atoms. The quantitative estimate of drug-likeness (QED) is 0.632. The Morgan fingerprint density at radius 2 is 1.86 bits per heavy atom. The largest absolute Gasteiger partial charge is 0.472 e. The van der Waals surface area contributed by atoms with Crippen LogP contribution in [0.5, 0.6) is 5.88 Å². The molecule has 36 heavy (non-hydrogen) atoms. The second-order valence-electron chi connectivity index (χ2n) is 9.60. The van der Waals surface area contributed by atoms with Crippen LogP contribution in [0.2, 0.25) is 0 Å². The zero-order chi connectivity index (χ0) is 26.6. The van der Waals surface area contributed by atoms with E-state index in [2.05, 4.69) is 4.98 Å². The highest BCUT2D eigenvalue weighted by molar-refractivity contribution is 5.98. The lowest BCUT2D eigenvalue weighted by Crippen LogP contribution is -2.50. The van der Waals surface area contributed by atoms with Gasteiger partial charge >= 0.3 is 0 Å². The van der Waals surface area contributed by atoms with E-state index in [-0.39, 0.29) is 42.2 Å². The van der Waals surface area contributed by atoms with E-state index in [0.717, 1.165) is 5.56 Å². The Balaban J connectivity index is 2.01. The van der Waals surface area contributed by atoms with Crippen molar-refractivity contribution >= 4 is 17.7 Å². The fraction of sp³-hybridized carbons (Fsp3) is 0.481. The number of benzene rings is 1. The molecule has 1 aromatic heterocycles. The number of aliphatic hydroxyl groups is 1. The van der Waals surface area contributed by atoms with Gasteiger partial charge in [0.15, 0.2) is 0 Å².